The quantitative estimate of drug-likeness (QED) is 0.467. The fourth-order valence-corrected chi connectivity index (χ4v) is 0.475. The van der Waals surface area contributed by atoms with Crippen LogP contribution in [0, 0.1) is 0 Å². The van der Waals surface area contributed by atoms with Crippen LogP contribution in [0.3, 0.4) is 0 Å². The van der Waals surface area contributed by atoms with Crippen molar-refractivity contribution < 1.29 is 5.11 Å². The fraction of sp³-hybridized carbons (Fsp3) is 0.111. The van der Waals surface area contributed by atoms with Gasteiger partial charge in [-0.2, -0.15) is 0 Å². The summed E-state index contributed by atoms with van der Waals surface area (Å²) in [6.45, 7) is 8.79. The highest BCUT2D eigenvalue weighted by molar-refractivity contribution is 5.30. The third-order valence-corrected chi connectivity index (χ3v) is 1.04. The van der Waals surface area contributed by atoms with Crippen LogP contribution in [-0.4, -0.2) is 5.11 Å². The van der Waals surface area contributed by atoms with Crippen molar-refractivity contribution >= 4 is 0 Å². The highest BCUT2D eigenvalue weighted by Crippen LogP contribution is 1.98. The van der Waals surface area contributed by atoms with E-state index in [1.165, 1.54) is 6.08 Å². The normalized spacial score (nSPS) is 11.9. The van der Waals surface area contributed by atoms with Crippen LogP contribution in [-0.2, 0) is 0 Å². The van der Waals surface area contributed by atoms with Crippen LogP contribution in [0.15, 0.2) is 48.8 Å². The molecular formula is C9H12O. The van der Waals surface area contributed by atoms with Gasteiger partial charge < -0.3 is 5.11 Å². The summed E-state index contributed by atoms with van der Waals surface area (Å²) < 4.78 is 0. The number of hydrogen-bond donors (Lipinski definition) is 1. The molecule has 0 rings (SSSR count). The molecule has 0 atom stereocenters. The Morgan fingerprint density at radius 1 is 1.40 bits per heavy atom. The maximum atomic E-state index is 8.65. The molecule has 0 aromatic carbocycles. The molecule has 10 heavy (non-hydrogen) atoms. The Hall–Kier alpha value is -1.24. The summed E-state index contributed by atoms with van der Waals surface area (Å²) in [5.74, 6) is 0.0567. The van der Waals surface area contributed by atoms with Gasteiger partial charge in [-0.15, -0.1) is 0 Å². The first-order valence-electron chi connectivity index (χ1n) is 3.05. The molecule has 0 saturated carbocycles. The highest BCUT2D eigenvalue weighted by Gasteiger charge is 1.80. The Bertz CT molecular complexity index is 185. The second kappa shape index (κ2) is 4.62. The minimum Gasteiger partial charge on any atom is -0.509 e. The number of rotatable bonds is 3. The van der Waals surface area contributed by atoms with Gasteiger partial charge in [0.05, 0.1) is 0 Å². The third kappa shape index (κ3) is 3.72. The predicted molar refractivity (Wildman–Crippen MR) is 44.9 cm³/mol. The summed E-state index contributed by atoms with van der Waals surface area (Å²) in [5, 5.41) is 8.65. The van der Waals surface area contributed by atoms with Crippen molar-refractivity contribution in [3.8, 4) is 0 Å². The van der Waals surface area contributed by atoms with Crippen LogP contribution < -0.4 is 0 Å². The summed E-state index contributed by atoms with van der Waals surface area (Å²) in [6.07, 6.45) is 6.87. The van der Waals surface area contributed by atoms with E-state index in [4.69, 9.17) is 5.11 Å². The molecule has 54 valence electrons. The standard InChI is InChI=1S/C9H12O/c1-4-9(5-2)7-6-8(3)10/h4-7,10H,1,3H2,2H3/b7-6-,9-5-. The minimum atomic E-state index is 0.0567. The van der Waals surface area contributed by atoms with E-state index >= 15 is 0 Å². The van der Waals surface area contributed by atoms with Crippen molar-refractivity contribution in [1.82, 2.24) is 0 Å². The minimum absolute atomic E-state index is 0.0567. The topological polar surface area (TPSA) is 20.2 Å². The van der Waals surface area contributed by atoms with Gasteiger partial charge >= 0.3 is 0 Å². The van der Waals surface area contributed by atoms with E-state index in [0.29, 0.717) is 0 Å². The van der Waals surface area contributed by atoms with Crippen LogP contribution in [0.4, 0.5) is 0 Å². The SMILES string of the molecule is C=CC(/C=C\C(=C)O)=C/C. The molecule has 1 heteroatoms. The van der Waals surface area contributed by atoms with Gasteiger partial charge in [0.1, 0.15) is 5.76 Å². The van der Waals surface area contributed by atoms with Crippen molar-refractivity contribution in [2.45, 2.75) is 6.92 Å². The molecule has 0 fully saturated rings. The zero-order valence-corrected chi connectivity index (χ0v) is 6.17. The Morgan fingerprint density at radius 3 is 2.30 bits per heavy atom. The molecule has 1 nitrogen and oxygen atoms in total. The van der Waals surface area contributed by atoms with E-state index in [1.54, 1.807) is 12.2 Å². The Balaban J connectivity index is 4.11. The number of hydrogen-bond acceptors (Lipinski definition) is 1. The third-order valence-electron chi connectivity index (χ3n) is 1.04. The van der Waals surface area contributed by atoms with E-state index in [1.807, 2.05) is 13.0 Å². The van der Waals surface area contributed by atoms with Crippen LogP contribution >= 0.6 is 0 Å². The van der Waals surface area contributed by atoms with Gasteiger partial charge in [-0.1, -0.05) is 31.4 Å². The first-order chi connectivity index (χ1) is 4.70. The first-order valence-corrected chi connectivity index (χ1v) is 3.05. The molecular weight excluding hydrogens is 124 g/mol. The molecule has 0 heterocycles. The van der Waals surface area contributed by atoms with Gasteiger partial charge in [0.25, 0.3) is 0 Å². The highest BCUT2D eigenvalue weighted by atomic mass is 16.3. The number of aliphatic hydroxyl groups excluding tert-OH is 1. The lowest BCUT2D eigenvalue weighted by Gasteiger charge is -1.88. The largest absolute Gasteiger partial charge is 0.509 e. The van der Waals surface area contributed by atoms with E-state index in [0.717, 1.165) is 5.57 Å². The maximum absolute atomic E-state index is 8.65. The van der Waals surface area contributed by atoms with Crippen molar-refractivity contribution in [2.24, 2.45) is 0 Å². The Labute approximate surface area is 61.7 Å². The lowest BCUT2D eigenvalue weighted by atomic mass is 10.2. The van der Waals surface area contributed by atoms with Gasteiger partial charge in [-0.05, 0) is 18.6 Å². The second-order valence-electron chi connectivity index (χ2n) is 1.82. The summed E-state index contributed by atoms with van der Waals surface area (Å²) in [4.78, 5) is 0. The monoisotopic (exact) mass is 136 g/mol. The van der Waals surface area contributed by atoms with Crippen molar-refractivity contribution in [3.05, 3.63) is 48.8 Å². The van der Waals surface area contributed by atoms with E-state index in [2.05, 4.69) is 13.2 Å². The van der Waals surface area contributed by atoms with Crippen molar-refractivity contribution in [2.75, 3.05) is 0 Å². The van der Waals surface area contributed by atoms with Gasteiger partial charge in [0.2, 0.25) is 0 Å². The molecule has 0 aromatic rings. The predicted octanol–water partition coefficient (Wildman–Crippen LogP) is 2.75. The zero-order chi connectivity index (χ0) is 7.98. The van der Waals surface area contributed by atoms with Crippen LogP contribution in [0.25, 0.3) is 0 Å². The molecule has 1 N–H and O–H groups in total. The van der Waals surface area contributed by atoms with E-state index in [-0.39, 0.29) is 5.76 Å². The van der Waals surface area contributed by atoms with Gasteiger partial charge in [0.15, 0.2) is 0 Å². The molecule has 0 aliphatic rings. The fourth-order valence-electron chi connectivity index (χ4n) is 0.475. The lowest BCUT2D eigenvalue weighted by molar-refractivity contribution is 0.435. The van der Waals surface area contributed by atoms with E-state index < -0.39 is 0 Å². The molecule has 0 spiro atoms. The average molecular weight is 136 g/mol. The molecule has 0 amide bonds. The number of aliphatic hydroxyl groups is 1. The second-order valence-corrected chi connectivity index (χ2v) is 1.82. The van der Waals surface area contributed by atoms with Crippen LogP contribution in [0.2, 0.25) is 0 Å². The summed E-state index contributed by atoms with van der Waals surface area (Å²) in [5.41, 5.74) is 0.968. The summed E-state index contributed by atoms with van der Waals surface area (Å²) in [7, 11) is 0. The average Bonchev–Trinajstić information content (AvgIpc) is 1.90. The smallest absolute Gasteiger partial charge is 0.108 e. The molecule has 0 unspecified atom stereocenters. The Kier molecular flexibility index (Phi) is 4.05. The van der Waals surface area contributed by atoms with Crippen LogP contribution in [0.1, 0.15) is 6.92 Å². The molecule has 0 aliphatic carbocycles. The molecule has 0 aromatic heterocycles. The molecule has 0 radical (unpaired) electrons. The summed E-state index contributed by atoms with van der Waals surface area (Å²) in [6, 6.07) is 0. The maximum Gasteiger partial charge on any atom is 0.108 e. The number of allylic oxidation sites excluding steroid dienone is 5. The van der Waals surface area contributed by atoms with Crippen molar-refractivity contribution in [3.63, 3.8) is 0 Å². The van der Waals surface area contributed by atoms with Gasteiger partial charge in [-0.25, -0.2) is 0 Å². The van der Waals surface area contributed by atoms with Crippen LogP contribution in [0.5, 0.6) is 0 Å². The van der Waals surface area contributed by atoms with Crippen molar-refractivity contribution in [1.29, 1.82) is 0 Å². The molecule has 0 bridgehead atoms. The lowest BCUT2D eigenvalue weighted by Crippen LogP contribution is -1.70. The Morgan fingerprint density at radius 2 is 2.00 bits per heavy atom. The van der Waals surface area contributed by atoms with Gasteiger partial charge in [0, 0.05) is 0 Å². The molecule has 0 aliphatic heterocycles. The zero-order valence-electron chi connectivity index (χ0n) is 6.17. The van der Waals surface area contributed by atoms with Gasteiger partial charge in [-0.3, -0.25) is 0 Å². The first kappa shape index (κ1) is 8.76. The van der Waals surface area contributed by atoms with E-state index in [9.17, 15) is 0 Å². The summed E-state index contributed by atoms with van der Waals surface area (Å²) >= 11 is 0. The molecule has 0 saturated heterocycles.